The third kappa shape index (κ3) is 3.24. The normalized spacial score (nSPS) is 10.5. The molecule has 0 aliphatic rings. The summed E-state index contributed by atoms with van der Waals surface area (Å²) in [6.07, 6.45) is 0.992. The van der Waals surface area contributed by atoms with Crippen molar-refractivity contribution >= 4 is 22.8 Å². The molecule has 2 rings (SSSR count). The van der Waals surface area contributed by atoms with Crippen LogP contribution in [0.15, 0.2) is 36.4 Å². The zero-order chi connectivity index (χ0) is 13.8. The molecule has 0 unspecified atom stereocenters. The van der Waals surface area contributed by atoms with Crippen molar-refractivity contribution in [2.24, 2.45) is 0 Å². The van der Waals surface area contributed by atoms with E-state index >= 15 is 0 Å². The minimum absolute atomic E-state index is 0.190. The number of Topliss-reactive ketones (excluding diaryl/α,β-unsaturated/α-hetero) is 1. The first-order valence-corrected chi connectivity index (χ1v) is 7.32. The number of hydrogen-bond acceptors (Lipinski definition) is 3. The number of carbonyl (C=O) groups excluding carboxylic acids is 1. The van der Waals surface area contributed by atoms with Gasteiger partial charge in [-0.3, -0.25) is 4.79 Å². The van der Waals surface area contributed by atoms with Gasteiger partial charge in [-0.2, -0.15) is 0 Å². The van der Waals surface area contributed by atoms with E-state index in [0.717, 1.165) is 17.0 Å². The second-order valence-corrected chi connectivity index (χ2v) is 5.85. The first kappa shape index (κ1) is 13.8. The number of para-hydroxylation sites is 1. The number of ketones is 1. The summed E-state index contributed by atoms with van der Waals surface area (Å²) in [5, 5.41) is 0. The Morgan fingerprint density at radius 2 is 1.95 bits per heavy atom. The number of aryl methyl sites for hydroxylation is 2. The molecule has 2 aromatic rings. The predicted molar refractivity (Wildman–Crippen MR) is 82.5 cm³/mol. The fraction of sp³-hybridized carbons (Fsp3) is 0.312. The summed E-state index contributed by atoms with van der Waals surface area (Å²) in [5.74, 6) is 0.190. The van der Waals surface area contributed by atoms with Crippen LogP contribution in [-0.4, -0.2) is 19.4 Å². The predicted octanol–water partition coefficient (Wildman–Crippen LogP) is 3.94. The maximum absolute atomic E-state index is 12.2. The van der Waals surface area contributed by atoms with Gasteiger partial charge in [-0.25, -0.2) is 0 Å². The molecule has 100 valence electrons. The second-order valence-electron chi connectivity index (χ2n) is 4.69. The van der Waals surface area contributed by atoms with Gasteiger partial charge in [0.15, 0.2) is 5.78 Å². The van der Waals surface area contributed by atoms with Crippen LogP contribution >= 0.6 is 11.3 Å². The van der Waals surface area contributed by atoms with E-state index < -0.39 is 0 Å². The van der Waals surface area contributed by atoms with Crippen LogP contribution in [0.25, 0.3) is 0 Å². The summed E-state index contributed by atoms with van der Waals surface area (Å²) in [4.78, 5) is 16.4. The Bertz CT molecular complexity index is 574. The van der Waals surface area contributed by atoms with E-state index in [4.69, 9.17) is 0 Å². The third-order valence-electron chi connectivity index (χ3n) is 3.19. The number of hydrogen-bond donors (Lipinski definition) is 0. The van der Waals surface area contributed by atoms with Crippen LogP contribution in [0, 0.1) is 6.92 Å². The molecule has 2 nitrogen and oxygen atoms in total. The molecule has 3 heteroatoms. The summed E-state index contributed by atoms with van der Waals surface area (Å²) in [6, 6.07) is 12.1. The second kappa shape index (κ2) is 6.02. The van der Waals surface area contributed by atoms with Crippen molar-refractivity contribution in [1.29, 1.82) is 0 Å². The number of anilines is 1. The molecule has 1 aromatic carbocycles. The Kier molecular flexibility index (Phi) is 4.38. The standard InChI is InChI=1S/C16H19NOS/c1-4-13-9-10-16(19-13)15(18)11-17(3)14-8-6-5-7-12(14)2/h5-10H,4,11H2,1-3H3. The van der Waals surface area contributed by atoms with Crippen LogP contribution < -0.4 is 4.90 Å². The van der Waals surface area contributed by atoms with E-state index in [2.05, 4.69) is 26.0 Å². The van der Waals surface area contributed by atoms with Gasteiger partial charge in [0.25, 0.3) is 0 Å². The van der Waals surface area contributed by atoms with E-state index in [9.17, 15) is 4.79 Å². The number of benzene rings is 1. The molecule has 0 N–H and O–H groups in total. The van der Waals surface area contributed by atoms with Gasteiger partial charge in [-0.15, -0.1) is 11.3 Å². The highest BCUT2D eigenvalue weighted by Crippen LogP contribution is 2.21. The molecule has 0 saturated heterocycles. The first-order valence-electron chi connectivity index (χ1n) is 6.50. The topological polar surface area (TPSA) is 20.3 Å². The SMILES string of the molecule is CCc1ccc(C(=O)CN(C)c2ccccc2C)s1. The quantitative estimate of drug-likeness (QED) is 0.769. The van der Waals surface area contributed by atoms with Crippen molar-refractivity contribution in [2.75, 3.05) is 18.5 Å². The Balaban J connectivity index is 2.08. The van der Waals surface area contributed by atoms with Gasteiger partial charge in [-0.05, 0) is 37.1 Å². The molecule has 19 heavy (non-hydrogen) atoms. The lowest BCUT2D eigenvalue weighted by molar-refractivity contribution is 0.100. The highest BCUT2D eigenvalue weighted by molar-refractivity contribution is 7.14. The third-order valence-corrected chi connectivity index (χ3v) is 4.46. The van der Waals surface area contributed by atoms with Crippen LogP contribution in [0.4, 0.5) is 5.69 Å². The van der Waals surface area contributed by atoms with Gasteiger partial charge < -0.3 is 4.90 Å². The lowest BCUT2D eigenvalue weighted by Crippen LogP contribution is -2.25. The van der Waals surface area contributed by atoms with Gasteiger partial charge in [-0.1, -0.05) is 25.1 Å². The van der Waals surface area contributed by atoms with Gasteiger partial charge in [0.2, 0.25) is 0 Å². The Labute approximate surface area is 118 Å². The summed E-state index contributed by atoms with van der Waals surface area (Å²) in [5.41, 5.74) is 2.31. The lowest BCUT2D eigenvalue weighted by Gasteiger charge is -2.20. The van der Waals surface area contributed by atoms with Crippen LogP contribution in [0.2, 0.25) is 0 Å². The number of thiophene rings is 1. The van der Waals surface area contributed by atoms with Crippen LogP contribution in [0.3, 0.4) is 0 Å². The first-order chi connectivity index (χ1) is 9.11. The van der Waals surface area contributed by atoms with Crippen LogP contribution in [0.5, 0.6) is 0 Å². The molecule has 1 heterocycles. The van der Waals surface area contributed by atoms with Crippen molar-refractivity contribution in [3.8, 4) is 0 Å². The maximum atomic E-state index is 12.2. The number of rotatable bonds is 5. The van der Waals surface area contributed by atoms with Gasteiger partial charge >= 0.3 is 0 Å². The molecule has 0 spiro atoms. The molecule has 0 aliphatic heterocycles. The summed E-state index contributed by atoms with van der Waals surface area (Å²) < 4.78 is 0. The Hall–Kier alpha value is -1.61. The maximum Gasteiger partial charge on any atom is 0.191 e. The fourth-order valence-corrected chi connectivity index (χ4v) is 2.97. The molecule has 0 bridgehead atoms. The van der Waals surface area contributed by atoms with Gasteiger partial charge in [0.1, 0.15) is 0 Å². The molecule has 0 saturated carbocycles. The minimum atomic E-state index is 0.190. The summed E-state index contributed by atoms with van der Waals surface area (Å²) >= 11 is 1.61. The molecule has 1 aromatic heterocycles. The zero-order valence-corrected chi connectivity index (χ0v) is 12.5. The largest absolute Gasteiger partial charge is 0.367 e. The zero-order valence-electron chi connectivity index (χ0n) is 11.6. The molecule has 0 fully saturated rings. The average Bonchev–Trinajstić information content (AvgIpc) is 2.88. The average molecular weight is 273 g/mol. The lowest BCUT2D eigenvalue weighted by atomic mass is 10.2. The van der Waals surface area contributed by atoms with E-state index in [1.54, 1.807) is 11.3 Å². The summed E-state index contributed by atoms with van der Waals surface area (Å²) in [6.45, 7) is 4.60. The Morgan fingerprint density at radius 3 is 2.58 bits per heavy atom. The molecule has 0 radical (unpaired) electrons. The minimum Gasteiger partial charge on any atom is -0.367 e. The van der Waals surface area contributed by atoms with E-state index in [1.165, 1.54) is 10.4 Å². The molecule has 0 aliphatic carbocycles. The van der Waals surface area contributed by atoms with Crippen molar-refractivity contribution < 1.29 is 4.79 Å². The monoisotopic (exact) mass is 273 g/mol. The smallest absolute Gasteiger partial charge is 0.191 e. The van der Waals surface area contributed by atoms with Crippen molar-refractivity contribution in [3.05, 3.63) is 51.7 Å². The highest BCUT2D eigenvalue weighted by Gasteiger charge is 2.13. The molecule has 0 amide bonds. The van der Waals surface area contributed by atoms with E-state index in [-0.39, 0.29) is 5.78 Å². The molecular weight excluding hydrogens is 254 g/mol. The fourth-order valence-electron chi connectivity index (χ4n) is 2.09. The molecular formula is C16H19NOS. The summed E-state index contributed by atoms with van der Waals surface area (Å²) in [7, 11) is 1.97. The van der Waals surface area contributed by atoms with Crippen LogP contribution in [-0.2, 0) is 6.42 Å². The molecule has 0 atom stereocenters. The van der Waals surface area contributed by atoms with Gasteiger partial charge in [0.05, 0.1) is 11.4 Å². The number of likely N-dealkylation sites (N-methyl/N-ethyl adjacent to an activating group) is 1. The van der Waals surface area contributed by atoms with Crippen LogP contribution in [0.1, 0.15) is 27.0 Å². The highest BCUT2D eigenvalue weighted by atomic mass is 32.1. The van der Waals surface area contributed by atoms with Crippen molar-refractivity contribution in [2.45, 2.75) is 20.3 Å². The van der Waals surface area contributed by atoms with Gasteiger partial charge in [0, 0.05) is 17.6 Å². The number of carbonyl (C=O) groups is 1. The Morgan fingerprint density at radius 1 is 1.21 bits per heavy atom. The van der Waals surface area contributed by atoms with E-state index in [1.807, 2.05) is 36.2 Å². The van der Waals surface area contributed by atoms with Crippen molar-refractivity contribution in [1.82, 2.24) is 0 Å². The van der Waals surface area contributed by atoms with E-state index in [0.29, 0.717) is 6.54 Å². The number of nitrogens with zero attached hydrogens (tertiary/aromatic N) is 1. The van der Waals surface area contributed by atoms with Crippen molar-refractivity contribution in [3.63, 3.8) is 0 Å².